The molecule has 1 heterocycles. The van der Waals surface area contributed by atoms with Gasteiger partial charge in [-0.3, -0.25) is 4.79 Å². The fourth-order valence-electron chi connectivity index (χ4n) is 2.81. The largest absolute Gasteiger partial charge is 0.342 e. The zero-order valence-electron chi connectivity index (χ0n) is 14.0. The van der Waals surface area contributed by atoms with Gasteiger partial charge in [0.25, 0.3) is 0 Å². The second-order valence-corrected chi connectivity index (χ2v) is 9.22. The lowest BCUT2D eigenvalue weighted by Crippen LogP contribution is -2.41. The average Bonchev–Trinajstić information content (AvgIpc) is 2.50. The number of amides is 1. The van der Waals surface area contributed by atoms with Gasteiger partial charge in [-0.15, -0.1) is 0 Å². The Morgan fingerprint density at radius 3 is 2.42 bits per heavy atom. The molecule has 0 atom stereocenters. The minimum absolute atomic E-state index is 0.0593. The summed E-state index contributed by atoms with van der Waals surface area (Å²) in [6.07, 6.45) is 1.15. The Morgan fingerprint density at radius 1 is 1.25 bits per heavy atom. The molecule has 1 aliphatic rings. The number of carbonyl (C=O) groups is 1. The molecular formula is C17H23F2NO3S. The summed E-state index contributed by atoms with van der Waals surface area (Å²) in [7, 11) is -3.08. The van der Waals surface area contributed by atoms with E-state index in [2.05, 4.69) is 0 Å². The molecule has 0 radical (unpaired) electrons. The first kappa shape index (κ1) is 18.8. The smallest absolute Gasteiger partial charge is 0.227 e. The molecular weight excluding hydrogens is 336 g/mol. The van der Waals surface area contributed by atoms with Gasteiger partial charge in [-0.05, 0) is 44.2 Å². The van der Waals surface area contributed by atoms with Crippen molar-refractivity contribution in [3.63, 3.8) is 0 Å². The Hall–Kier alpha value is -1.50. The van der Waals surface area contributed by atoms with E-state index in [1.165, 1.54) is 6.07 Å². The average molecular weight is 359 g/mol. The van der Waals surface area contributed by atoms with Gasteiger partial charge < -0.3 is 4.90 Å². The maximum Gasteiger partial charge on any atom is 0.227 e. The van der Waals surface area contributed by atoms with Crippen LogP contribution in [0, 0.1) is 17.6 Å². The van der Waals surface area contributed by atoms with E-state index in [4.69, 9.17) is 0 Å². The van der Waals surface area contributed by atoms with Crippen molar-refractivity contribution >= 4 is 15.7 Å². The van der Waals surface area contributed by atoms with Gasteiger partial charge in [-0.25, -0.2) is 17.2 Å². The second kappa shape index (κ2) is 7.59. The summed E-state index contributed by atoms with van der Waals surface area (Å²) in [4.78, 5) is 13.9. The molecule has 0 spiro atoms. The molecule has 1 aromatic rings. The molecule has 1 aliphatic heterocycles. The Morgan fingerprint density at radius 2 is 1.88 bits per heavy atom. The van der Waals surface area contributed by atoms with Gasteiger partial charge in [0.1, 0.15) is 11.6 Å². The van der Waals surface area contributed by atoms with E-state index in [1.54, 1.807) is 18.7 Å². The van der Waals surface area contributed by atoms with E-state index < -0.39 is 26.7 Å². The number of nitrogens with zero attached hydrogens (tertiary/aromatic N) is 1. The van der Waals surface area contributed by atoms with Crippen LogP contribution in [0.5, 0.6) is 0 Å². The molecule has 1 saturated heterocycles. The van der Waals surface area contributed by atoms with E-state index in [9.17, 15) is 22.0 Å². The molecule has 24 heavy (non-hydrogen) atoms. The summed E-state index contributed by atoms with van der Waals surface area (Å²) >= 11 is 0. The summed E-state index contributed by atoms with van der Waals surface area (Å²) in [5, 5.41) is -0.390. The van der Waals surface area contributed by atoms with Crippen molar-refractivity contribution in [2.24, 2.45) is 5.92 Å². The number of halogens is 2. The van der Waals surface area contributed by atoms with Crippen LogP contribution in [0.25, 0.3) is 0 Å². The lowest BCUT2D eigenvalue weighted by atomic mass is 9.98. The molecule has 1 aromatic carbocycles. The Balaban J connectivity index is 1.89. The van der Waals surface area contributed by atoms with Gasteiger partial charge in [-0.2, -0.15) is 0 Å². The van der Waals surface area contributed by atoms with Gasteiger partial charge in [0.15, 0.2) is 9.84 Å². The molecule has 2 rings (SSSR count). The SMILES string of the molecule is CC(C)S(=O)(=O)CC1CCN(C(=O)Cc2ccc(F)cc2F)CC1. The molecule has 0 N–H and O–H groups in total. The number of hydrogen-bond acceptors (Lipinski definition) is 3. The first-order valence-electron chi connectivity index (χ1n) is 8.12. The van der Waals surface area contributed by atoms with Crippen molar-refractivity contribution < 1.29 is 22.0 Å². The minimum atomic E-state index is -3.08. The Labute approximate surface area is 141 Å². The summed E-state index contributed by atoms with van der Waals surface area (Å²) in [5.41, 5.74) is 0.172. The summed E-state index contributed by atoms with van der Waals surface area (Å²) in [5.74, 6) is -1.40. The zero-order valence-corrected chi connectivity index (χ0v) is 14.8. The van der Waals surface area contributed by atoms with Crippen molar-refractivity contribution in [3.8, 4) is 0 Å². The van der Waals surface area contributed by atoms with Crippen molar-refractivity contribution in [2.45, 2.75) is 38.4 Å². The van der Waals surface area contributed by atoms with Crippen molar-refractivity contribution in [1.82, 2.24) is 4.90 Å². The fraction of sp³-hybridized carbons (Fsp3) is 0.588. The topological polar surface area (TPSA) is 54.5 Å². The van der Waals surface area contributed by atoms with Crippen LogP contribution in [-0.4, -0.2) is 43.3 Å². The van der Waals surface area contributed by atoms with Crippen molar-refractivity contribution in [1.29, 1.82) is 0 Å². The normalized spacial score (nSPS) is 16.6. The highest BCUT2D eigenvalue weighted by Gasteiger charge is 2.28. The lowest BCUT2D eigenvalue weighted by Gasteiger charge is -2.32. The third-order valence-corrected chi connectivity index (χ3v) is 6.88. The standard InChI is InChI=1S/C17H23F2NO3S/c1-12(2)24(22,23)11-13-5-7-20(8-6-13)17(21)9-14-3-4-15(18)10-16(14)19/h3-4,10,12-13H,5-9,11H2,1-2H3. The summed E-state index contributed by atoms with van der Waals surface area (Å²) < 4.78 is 50.4. The highest BCUT2D eigenvalue weighted by molar-refractivity contribution is 7.91. The fourth-order valence-corrected chi connectivity index (χ4v) is 4.19. The van der Waals surface area contributed by atoms with Crippen LogP contribution in [0.1, 0.15) is 32.3 Å². The predicted octanol–water partition coefficient (Wildman–Crippen LogP) is 2.57. The molecule has 0 aliphatic carbocycles. The first-order valence-corrected chi connectivity index (χ1v) is 9.84. The predicted molar refractivity (Wildman–Crippen MR) is 88.3 cm³/mol. The quantitative estimate of drug-likeness (QED) is 0.812. The molecule has 0 bridgehead atoms. The van der Waals surface area contributed by atoms with Crippen LogP contribution in [-0.2, 0) is 21.1 Å². The lowest BCUT2D eigenvalue weighted by molar-refractivity contribution is -0.131. The van der Waals surface area contributed by atoms with Crippen molar-refractivity contribution in [2.75, 3.05) is 18.8 Å². The second-order valence-electron chi connectivity index (χ2n) is 6.61. The molecule has 134 valence electrons. The monoisotopic (exact) mass is 359 g/mol. The maximum absolute atomic E-state index is 13.6. The first-order chi connectivity index (χ1) is 11.2. The van der Waals surface area contributed by atoms with E-state index in [1.807, 2.05) is 0 Å². The molecule has 0 unspecified atom stereocenters. The molecule has 4 nitrogen and oxygen atoms in total. The van der Waals surface area contributed by atoms with Crippen LogP contribution < -0.4 is 0 Å². The van der Waals surface area contributed by atoms with Crippen LogP contribution in [0.3, 0.4) is 0 Å². The molecule has 7 heteroatoms. The minimum Gasteiger partial charge on any atom is -0.342 e. The summed E-state index contributed by atoms with van der Waals surface area (Å²) in [6.45, 7) is 4.29. The van der Waals surface area contributed by atoms with E-state index in [0.29, 0.717) is 25.9 Å². The van der Waals surface area contributed by atoms with Crippen LogP contribution in [0.15, 0.2) is 18.2 Å². The Kier molecular flexibility index (Phi) is 5.96. The highest BCUT2D eigenvalue weighted by atomic mass is 32.2. The van der Waals surface area contributed by atoms with Crippen molar-refractivity contribution in [3.05, 3.63) is 35.4 Å². The number of likely N-dealkylation sites (tertiary alicyclic amines) is 1. The van der Waals surface area contributed by atoms with E-state index in [0.717, 1.165) is 12.1 Å². The molecule has 1 amide bonds. The zero-order chi connectivity index (χ0) is 17.9. The van der Waals surface area contributed by atoms with Gasteiger partial charge >= 0.3 is 0 Å². The number of carbonyl (C=O) groups excluding carboxylic acids is 1. The van der Waals surface area contributed by atoms with E-state index in [-0.39, 0.29) is 29.6 Å². The van der Waals surface area contributed by atoms with E-state index >= 15 is 0 Å². The number of piperidine rings is 1. The van der Waals surface area contributed by atoms with Gasteiger partial charge in [-0.1, -0.05) is 6.07 Å². The number of benzene rings is 1. The van der Waals surface area contributed by atoms with Crippen LogP contribution in [0.2, 0.25) is 0 Å². The number of rotatable bonds is 5. The number of hydrogen-bond donors (Lipinski definition) is 0. The highest BCUT2D eigenvalue weighted by Crippen LogP contribution is 2.22. The number of sulfone groups is 1. The van der Waals surface area contributed by atoms with Gasteiger partial charge in [0, 0.05) is 19.2 Å². The van der Waals surface area contributed by atoms with Crippen LogP contribution >= 0.6 is 0 Å². The van der Waals surface area contributed by atoms with Gasteiger partial charge in [0.2, 0.25) is 5.91 Å². The molecule has 0 saturated carbocycles. The van der Waals surface area contributed by atoms with Gasteiger partial charge in [0.05, 0.1) is 17.4 Å². The third-order valence-electron chi connectivity index (χ3n) is 4.51. The molecule has 0 aromatic heterocycles. The third kappa shape index (κ3) is 4.75. The molecule has 1 fully saturated rings. The summed E-state index contributed by atoms with van der Waals surface area (Å²) in [6, 6.07) is 3.19. The Bertz CT molecular complexity index is 696. The van der Waals surface area contributed by atoms with Crippen LogP contribution in [0.4, 0.5) is 8.78 Å². The maximum atomic E-state index is 13.6.